The van der Waals surface area contributed by atoms with Gasteiger partial charge in [-0.25, -0.2) is 4.57 Å². The zero-order valence-corrected chi connectivity index (χ0v) is 38.6. The van der Waals surface area contributed by atoms with Gasteiger partial charge in [-0.2, -0.15) is 0 Å². The summed E-state index contributed by atoms with van der Waals surface area (Å²) in [5.41, 5.74) is 0. The van der Waals surface area contributed by atoms with Gasteiger partial charge in [-0.15, -0.1) is 0 Å². The largest absolute Gasteiger partial charge is 0.472 e. The Morgan fingerprint density at radius 3 is 1.34 bits per heavy atom. The van der Waals surface area contributed by atoms with Crippen LogP contribution < -0.4 is 0 Å². The first kappa shape index (κ1) is 57.2. The van der Waals surface area contributed by atoms with Crippen LogP contribution in [0.4, 0.5) is 0 Å². The van der Waals surface area contributed by atoms with Crippen LogP contribution in [0.25, 0.3) is 0 Å². The third-order valence-electron chi connectivity index (χ3n) is 10.2. The summed E-state index contributed by atoms with van der Waals surface area (Å²) in [4.78, 5) is 35.0. The number of ether oxygens (including phenoxy) is 2. The topological polar surface area (TPSA) is 149 Å². The van der Waals surface area contributed by atoms with Crippen molar-refractivity contribution < 1.29 is 47.8 Å². The number of rotatable bonds is 45. The van der Waals surface area contributed by atoms with Crippen molar-refractivity contribution in [1.82, 2.24) is 0 Å². The summed E-state index contributed by atoms with van der Waals surface area (Å²) >= 11 is 0. The molecular formula is C48H89O10P. The molecule has 346 valence electrons. The van der Waals surface area contributed by atoms with E-state index in [0.29, 0.717) is 12.8 Å². The van der Waals surface area contributed by atoms with Crippen molar-refractivity contribution in [2.24, 2.45) is 0 Å². The van der Waals surface area contributed by atoms with Gasteiger partial charge in [0.05, 0.1) is 19.8 Å². The van der Waals surface area contributed by atoms with E-state index >= 15 is 0 Å². The number of hydrogen-bond acceptors (Lipinski definition) is 9. The maximum atomic E-state index is 12.6. The molecule has 0 aromatic heterocycles. The lowest BCUT2D eigenvalue weighted by molar-refractivity contribution is -0.161. The van der Waals surface area contributed by atoms with Crippen molar-refractivity contribution in [2.75, 3.05) is 26.4 Å². The second kappa shape index (κ2) is 44.3. The molecule has 0 spiro atoms. The summed E-state index contributed by atoms with van der Waals surface area (Å²) < 4.78 is 32.7. The summed E-state index contributed by atoms with van der Waals surface area (Å²) in [5, 5.41) is 18.3. The lowest BCUT2D eigenvalue weighted by atomic mass is 10.0. The van der Waals surface area contributed by atoms with Crippen LogP contribution >= 0.6 is 7.82 Å². The summed E-state index contributed by atoms with van der Waals surface area (Å²) in [6.07, 6.45) is 47.0. The number of carbonyl (C=O) groups excluding carboxylic acids is 2. The molecule has 0 aromatic rings. The lowest BCUT2D eigenvalue weighted by Gasteiger charge is -2.20. The average molecular weight is 857 g/mol. The number of phosphoric ester groups is 1. The molecule has 0 saturated heterocycles. The second-order valence-corrected chi connectivity index (χ2v) is 17.6. The molecule has 0 aliphatic heterocycles. The molecule has 3 atom stereocenters. The van der Waals surface area contributed by atoms with Crippen molar-refractivity contribution in [1.29, 1.82) is 0 Å². The molecule has 0 aromatic carbocycles. The third-order valence-corrected chi connectivity index (χ3v) is 11.2. The summed E-state index contributed by atoms with van der Waals surface area (Å²) in [6.45, 7) is 2.33. The first-order chi connectivity index (χ1) is 28.7. The van der Waals surface area contributed by atoms with Gasteiger partial charge in [-0.3, -0.25) is 18.6 Å². The SMILES string of the molecule is CCCCCC/C=C/CCCCCCCC(=O)O[C@@H](COC(=O)CCC/C=C/CC/C=C/CCCCCCCCCCCCCCCC)COP(=O)(O)OC[C@H](O)CO. The Morgan fingerprint density at radius 2 is 0.864 bits per heavy atom. The van der Waals surface area contributed by atoms with Gasteiger partial charge in [-0.05, 0) is 70.6 Å². The Kier molecular flexibility index (Phi) is 42.9. The van der Waals surface area contributed by atoms with Gasteiger partial charge in [0.1, 0.15) is 12.7 Å². The van der Waals surface area contributed by atoms with E-state index in [1.165, 1.54) is 116 Å². The molecule has 3 N–H and O–H groups in total. The molecule has 11 heteroatoms. The van der Waals surface area contributed by atoms with Gasteiger partial charge in [-0.1, -0.05) is 172 Å². The molecule has 59 heavy (non-hydrogen) atoms. The zero-order valence-electron chi connectivity index (χ0n) is 37.7. The van der Waals surface area contributed by atoms with Crippen LogP contribution in [0, 0.1) is 0 Å². The second-order valence-electron chi connectivity index (χ2n) is 16.1. The molecule has 0 aliphatic rings. The maximum Gasteiger partial charge on any atom is 0.472 e. The number of esters is 2. The molecule has 0 amide bonds. The Bertz CT molecular complexity index is 1080. The van der Waals surface area contributed by atoms with E-state index in [1.807, 2.05) is 0 Å². The Balaban J connectivity index is 4.22. The maximum absolute atomic E-state index is 12.6. The highest BCUT2D eigenvalue weighted by Gasteiger charge is 2.27. The lowest BCUT2D eigenvalue weighted by Crippen LogP contribution is -2.29. The van der Waals surface area contributed by atoms with Gasteiger partial charge in [0, 0.05) is 12.8 Å². The minimum atomic E-state index is -4.63. The summed E-state index contributed by atoms with van der Waals surface area (Å²) in [6, 6.07) is 0. The average Bonchev–Trinajstić information content (AvgIpc) is 3.22. The number of phosphoric acid groups is 1. The van der Waals surface area contributed by atoms with E-state index < -0.39 is 51.8 Å². The Labute approximate surface area is 361 Å². The van der Waals surface area contributed by atoms with Crippen LogP contribution in [0.2, 0.25) is 0 Å². The van der Waals surface area contributed by atoms with Crippen LogP contribution in [0.1, 0.15) is 219 Å². The molecule has 1 unspecified atom stereocenters. The molecule has 0 aliphatic carbocycles. The monoisotopic (exact) mass is 857 g/mol. The number of carbonyl (C=O) groups is 2. The van der Waals surface area contributed by atoms with Crippen molar-refractivity contribution in [3.8, 4) is 0 Å². The van der Waals surface area contributed by atoms with Crippen molar-refractivity contribution in [3.63, 3.8) is 0 Å². The van der Waals surface area contributed by atoms with Gasteiger partial charge in [0.25, 0.3) is 0 Å². The first-order valence-corrected chi connectivity index (χ1v) is 25.4. The molecule has 0 bridgehead atoms. The predicted octanol–water partition coefficient (Wildman–Crippen LogP) is 13.1. The predicted molar refractivity (Wildman–Crippen MR) is 242 cm³/mol. The Morgan fingerprint density at radius 1 is 0.492 bits per heavy atom. The third kappa shape index (κ3) is 44.1. The molecule has 0 heterocycles. The van der Waals surface area contributed by atoms with Gasteiger partial charge in [0.2, 0.25) is 0 Å². The van der Waals surface area contributed by atoms with Gasteiger partial charge < -0.3 is 24.6 Å². The fraction of sp³-hybridized carbons (Fsp3) is 0.833. The fourth-order valence-corrected chi connectivity index (χ4v) is 7.33. The minimum Gasteiger partial charge on any atom is -0.462 e. The number of aliphatic hydroxyl groups excluding tert-OH is 2. The van der Waals surface area contributed by atoms with Crippen molar-refractivity contribution >= 4 is 19.8 Å². The molecule has 0 rings (SSSR count). The van der Waals surface area contributed by atoms with Crippen LogP contribution in [-0.2, 0) is 32.7 Å². The number of allylic oxidation sites excluding steroid dienone is 6. The van der Waals surface area contributed by atoms with E-state index in [4.69, 9.17) is 19.1 Å². The molecule has 0 radical (unpaired) electrons. The molecular weight excluding hydrogens is 767 g/mol. The highest BCUT2D eigenvalue weighted by Crippen LogP contribution is 2.43. The van der Waals surface area contributed by atoms with E-state index in [-0.39, 0.29) is 19.4 Å². The Hall–Kier alpha value is -1.81. The summed E-state index contributed by atoms with van der Waals surface area (Å²) in [5.74, 6) is -0.980. The van der Waals surface area contributed by atoms with Crippen LogP contribution in [0.3, 0.4) is 0 Å². The molecule has 10 nitrogen and oxygen atoms in total. The quantitative estimate of drug-likeness (QED) is 0.0234. The zero-order chi connectivity index (χ0) is 43.3. The normalized spacial score (nSPS) is 14.1. The smallest absolute Gasteiger partial charge is 0.462 e. The highest BCUT2D eigenvalue weighted by molar-refractivity contribution is 7.47. The number of aliphatic hydroxyl groups is 2. The van der Waals surface area contributed by atoms with Crippen molar-refractivity contribution in [2.45, 2.75) is 232 Å². The standard InChI is InChI=1S/C48H89O10P/c1-3-5-7-9-11-13-15-17-18-19-20-21-22-23-24-25-26-28-29-31-33-35-37-39-47(51)55-43-46(44-57-59(53,54)56-42-45(50)41-49)58-48(52)40-38-36-34-32-30-27-16-14-12-10-8-6-4-2/h14,16,25-26,31,33,45-46,49-50H,3-13,15,17-24,27-30,32,34-44H2,1-2H3,(H,53,54)/b16-14+,26-25+,33-31+/t45-,46+/m1/s1. The molecule has 0 fully saturated rings. The van der Waals surface area contributed by atoms with E-state index in [1.54, 1.807) is 0 Å². The molecule has 0 saturated carbocycles. The van der Waals surface area contributed by atoms with Gasteiger partial charge in [0.15, 0.2) is 6.10 Å². The van der Waals surface area contributed by atoms with Crippen LogP contribution in [0.15, 0.2) is 36.5 Å². The fourth-order valence-electron chi connectivity index (χ4n) is 6.54. The van der Waals surface area contributed by atoms with E-state index in [9.17, 15) is 24.2 Å². The number of unbranched alkanes of at least 4 members (excludes halogenated alkanes) is 25. The summed E-state index contributed by atoms with van der Waals surface area (Å²) in [7, 11) is -4.63. The minimum absolute atomic E-state index is 0.166. The van der Waals surface area contributed by atoms with Crippen molar-refractivity contribution in [3.05, 3.63) is 36.5 Å². The van der Waals surface area contributed by atoms with E-state index in [2.05, 4.69) is 54.8 Å². The van der Waals surface area contributed by atoms with E-state index in [0.717, 1.165) is 64.2 Å². The van der Waals surface area contributed by atoms with Gasteiger partial charge >= 0.3 is 19.8 Å². The van der Waals surface area contributed by atoms with Crippen LogP contribution in [-0.4, -0.2) is 65.7 Å². The highest BCUT2D eigenvalue weighted by atomic mass is 31.2. The van der Waals surface area contributed by atoms with Crippen LogP contribution in [0.5, 0.6) is 0 Å². The number of hydrogen-bond donors (Lipinski definition) is 3. The first-order valence-electron chi connectivity index (χ1n) is 23.9.